The zero-order valence-electron chi connectivity index (χ0n) is 14.5. The van der Waals surface area contributed by atoms with E-state index in [-0.39, 0.29) is 24.7 Å². The van der Waals surface area contributed by atoms with Crippen LogP contribution in [0.25, 0.3) is 0 Å². The molecule has 0 saturated heterocycles. The number of hydrogen-bond acceptors (Lipinski definition) is 4. The van der Waals surface area contributed by atoms with Crippen LogP contribution in [0.15, 0.2) is 24.4 Å². The standard InChI is InChI=1S/C18H23N3O3/c1-5-21-9-14(17(20-21)11(2)3)18(22)19-12(4)13-6-7-15-16(8-13)24-10-23-15/h6-9,11-12H,5,10H2,1-4H3,(H,19,22)/t12-/m0/s1. The van der Waals surface area contributed by atoms with Crippen LogP contribution in [-0.4, -0.2) is 22.5 Å². The lowest BCUT2D eigenvalue weighted by molar-refractivity contribution is 0.0938. The zero-order chi connectivity index (χ0) is 17.3. The van der Waals surface area contributed by atoms with Crippen molar-refractivity contribution in [1.29, 1.82) is 0 Å². The summed E-state index contributed by atoms with van der Waals surface area (Å²) in [6, 6.07) is 5.58. The molecule has 0 spiro atoms. The Labute approximate surface area is 141 Å². The molecule has 2 aromatic rings. The molecule has 0 bridgehead atoms. The number of carbonyl (C=O) groups is 1. The van der Waals surface area contributed by atoms with Crippen LogP contribution in [0.1, 0.15) is 61.3 Å². The van der Waals surface area contributed by atoms with Gasteiger partial charge in [0, 0.05) is 12.7 Å². The van der Waals surface area contributed by atoms with Gasteiger partial charge < -0.3 is 14.8 Å². The highest BCUT2D eigenvalue weighted by atomic mass is 16.7. The molecule has 1 atom stereocenters. The second-order valence-electron chi connectivity index (χ2n) is 6.25. The van der Waals surface area contributed by atoms with Crippen LogP contribution >= 0.6 is 0 Å². The molecule has 6 nitrogen and oxygen atoms in total. The van der Waals surface area contributed by atoms with Gasteiger partial charge in [-0.3, -0.25) is 9.48 Å². The van der Waals surface area contributed by atoms with E-state index in [0.29, 0.717) is 5.56 Å². The fourth-order valence-corrected chi connectivity index (χ4v) is 2.74. The Morgan fingerprint density at radius 1 is 1.29 bits per heavy atom. The highest BCUT2D eigenvalue weighted by Gasteiger charge is 2.21. The molecule has 1 aromatic carbocycles. The zero-order valence-corrected chi connectivity index (χ0v) is 14.5. The van der Waals surface area contributed by atoms with Gasteiger partial charge in [-0.25, -0.2) is 0 Å². The fourth-order valence-electron chi connectivity index (χ4n) is 2.74. The lowest BCUT2D eigenvalue weighted by Crippen LogP contribution is -2.27. The van der Waals surface area contributed by atoms with Gasteiger partial charge in [-0.2, -0.15) is 5.10 Å². The van der Waals surface area contributed by atoms with Crippen molar-refractivity contribution in [3.8, 4) is 11.5 Å². The molecule has 2 heterocycles. The minimum absolute atomic E-state index is 0.108. The third kappa shape index (κ3) is 3.09. The van der Waals surface area contributed by atoms with Gasteiger partial charge in [0.15, 0.2) is 11.5 Å². The van der Waals surface area contributed by atoms with Crippen LogP contribution in [0.4, 0.5) is 0 Å². The predicted molar refractivity (Wildman–Crippen MR) is 90.4 cm³/mol. The Balaban J connectivity index is 1.78. The maximum Gasteiger partial charge on any atom is 0.255 e. The van der Waals surface area contributed by atoms with Crippen molar-refractivity contribution in [3.05, 3.63) is 41.2 Å². The summed E-state index contributed by atoms with van der Waals surface area (Å²) in [7, 11) is 0. The third-order valence-corrected chi connectivity index (χ3v) is 4.15. The van der Waals surface area contributed by atoms with Crippen molar-refractivity contribution in [1.82, 2.24) is 15.1 Å². The number of nitrogens with zero attached hydrogens (tertiary/aromatic N) is 2. The average molecular weight is 329 g/mol. The Morgan fingerprint density at radius 2 is 2.04 bits per heavy atom. The largest absolute Gasteiger partial charge is 0.454 e. The number of fused-ring (bicyclic) bond motifs is 1. The summed E-state index contributed by atoms with van der Waals surface area (Å²) in [6.07, 6.45) is 1.82. The summed E-state index contributed by atoms with van der Waals surface area (Å²) >= 11 is 0. The first-order chi connectivity index (χ1) is 11.5. The molecule has 3 rings (SSSR count). The molecule has 1 aliphatic rings. The van der Waals surface area contributed by atoms with Crippen LogP contribution in [0.3, 0.4) is 0 Å². The molecule has 24 heavy (non-hydrogen) atoms. The van der Waals surface area contributed by atoms with Gasteiger partial charge >= 0.3 is 0 Å². The normalized spacial score (nSPS) is 14.0. The van der Waals surface area contributed by atoms with E-state index in [1.807, 2.05) is 52.1 Å². The number of aryl methyl sites for hydroxylation is 1. The smallest absolute Gasteiger partial charge is 0.255 e. The summed E-state index contributed by atoms with van der Waals surface area (Å²) in [5.74, 6) is 1.54. The van der Waals surface area contributed by atoms with E-state index in [0.717, 1.165) is 29.3 Å². The van der Waals surface area contributed by atoms with Gasteiger partial charge in [0.1, 0.15) is 0 Å². The van der Waals surface area contributed by atoms with Gasteiger partial charge in [0.2, 0.25) is 6.79 Å². The number of carbonyl (C=O) groups excluding carboxylic acids is 1. The Hall–Kier alpha value is -2.50. The van der Waals surface area contributed by atoms with E-state index in [1.54, 1.807) is 4.68 Å². The van der Waals surface area contributed by atoms with Crippen molar-refractivity contribution in [2.75, 3.05) is 6.79 Å². The van der Waals surface area contributed by atoms with Gasteiger partial charge in [0.05, 0.1) is 17.3 Å². The van der Waals surface area contributed by atoms with Crippen LogP contribution in [-0.2, 0) is 6.54 Å². The first-order valence-corrected chi connectivity index (χ1v) is 8.27. The maximum absolute atomic E-state index is 12.7. The molecule has 0 aliphatic carbocycles. The van der Waals surface area contributed by atoms with Crippen LogP contribution in [0.5, 0.6) is 11.5 Å². The van der Waals surface area contributed by atoms with Crippen molar-refractivity contribution in [3.63, 3.8) is 0 Å². The van der Waals surface area contributed by atoms with Crippen LogP contribution in [0.2, 0.25) is 0 Å². The van der Waals surface area contributed by atoms with Crippen LogP contribution in [0, 0.1) is 0 Å². The molecule has 128 valence electrons. The lowest BCUT2D eigenvalue weighted by Gasteiger charge is -2.15. The quantitative estimate of drug-likeness (QED) is 0.914. The van der Waals surface area contributed by atoms with Crippen LogP contribution < -0.4 is 14.8 Å². The summed E-state index contributed by atoms with van der Waals surface area (Å²) < 4.78 is 12.5. The molecule has 0 fully saturated rings. The minimum atomic E-state index is -0.142. The third-order valence-electron chi connectivity index (χ3n) is 4.15. The Bertz CT molecular complexity index is 752. The average Bonchev–Trinajstić information content (AvgIpc) is 3.20. The lowest BCUT2D eigenvalue weighted by atomic mass is 10.0. The summed E-state index contributed by atoms with van der Waals surface area (Å²) in [5.41, 5.74) is 2.44. The first-order valence-electron chi connectivity index (χ1n) is 8.27. The number of nitrogens with one attached hydrogen (secondary N) is 1. The maximum atomic E-state index is 12.7. The molecule has 1 aromatic heterocycles. The van der Waals surface area contributed by atoms with E-state index in [9.17, 15) is 4.79 Å². The fraction of sp³-hybridized carbons (Fsp3) is 0.444. The van der Waals surface area contributed by atoms with E-state index in [4.69, 9.17) is 9.47 Å². The SMILES string of the molecule is CCn1cc(C(=O)N[C@@H](C)c2ccc3c(c2)OCO3)c(C(C)C)n1. The second-order valence-corrected chi connectivity index (χ2v) is 6.25. The summed E-state index contributed by atoms with van der Waals surface area (Å²) in [5, 5.41) is 7.54. The highest BCUT2D eigenvalue weighted by molar-refractivity contribution is 5.95. The number of ether oxygens (including phenoxy) is 2. The molecule has 0 radical (unpaired) electrons. The van der Waals surface area contributed by atoms with Crippen molar-refractivity contribution >= 4 is 5.91 Å². The van der Waals surface area contributed by atoms with Crippen molar-refractivity contribution < 1.29 is 14.3 Å². The number of amides is 1. The van der Waals surface area contributed by atoms with Gasteiger partial charge in [0.25, 0.3) is 5.91 Å². The molecular weight excluding hydrogens is 306 g/mol. The van der Waals surface area contributed by atoms with E-state index in [1.165, 1.54) is 0 Å². The van der Waals surface area contributed by atoms with E-state index < -0.39 is 0 Å². The summed E-state index contributed by atoms with van der Waals surface area (Å²) in [6.45, 7) is 9.03. The molecule has 6 heteroatoms. The van der Waals surface area contributed by atoms with Gasteiger partial charge in [-0.15, -0.1) is 0 Å². The molecule has 1 aliphatic heterocycles. The molecular formula is C18H23N3O3. The minimum Gasteiger partial charge on any atom is -0.454 e. The van der Waals surface area contributed by atoms with Crippen molar-refractivity contribution in [2.45, 2.75) is 46.2 Å². The number of rotatable bonds is 5. The molecule has 0 unspecified atom stereocenters. The molecule has 1 N–H and O–H groups in total. The van der Waals surface area contributed by atoms with Gasteiger partial charge in [-0.05, 0) is 37.5 Å². The predicted octanol–water partition coefficient (Wildman–Crippen LogP) is 3.25. The Morgan fingerprint density at radius 3 is 2.75 bits per heavy atom. The monoisotopic (exact) mass is 329 g/mol. The Kier molecular flexibility index (Phi) is 4.46. The topological polar surface area (TPSA) is 65.4 Å². The molecule has 0 saturated carbocycles. The van der Waals surface area contributed by atoms with Gasteiger partial charge in [-0.1, -0.05) is 19.9 Å². The summed E-state index contributed by atoms with van der Waals surface area (Å²) in [4.78, 5) is 12.7. The number of hydrogen-bond donors (Lipinski definition) is 1. The number of aromatic nitrogens is 2. The van der Waals surface area contributed by atoms with E-state index in [2.05, 4.69) is 10.4 Å². The highest BCUT2D eigenvalue weighted by Crippen LogP contribution is 2.34. The molecule has 1 amide bonds. The first kappa shape index (κ1) is 16.4. The van der Waals surface area contributed by atoms with E-state index >= 15 is 0 Å². The number of benzene rings is 1. The van der Waals surface area contributed by atoms with Crippen molar-refractivity contribution in [2.24, 2.45) is 0 Å². The second kappa shape index (κ2) is 6.55.